The summed E-state index contributed by atoms with van der Waals surface area (Å²) >= 11 is 1.58. The summed E-state index contributed by atoms with van der Waals surface area (Å²) < 4.78 is 22.6. The number of likely N-dealkylation sites (N-methyl/N-ethyl adjacent to an activating group) is 1. The van der Waals surface area contributed by atoms with Crippen molar-refractivity contribution in [2.24, 2.45) is 5.92 Å². The smallest absolute Gasteiger partial charge is 0.243 e. The zero-order valence-corrected chi connectivity index (χ0v) is 29.1. The number of ether oxygens (including phenoxy) is 3. The third kappa shape index (κ3) is 10.4. The summed E-state index contributed by atoms with van der Waals surface area (Å²) in [7, 11) is 4.00. The first-order valence-corrected chi connectivity index (χ1v) is 17.0. The number of hydrogen-bond acceptors (Lipinski definition) is 11. The summed E-state index contributed by atoms with van der Waals surface area (Å²) in [5, 5.41) is 17.7. The van der Waals surface area contributed by atoms with Crippen LogP contribution < -0.4 is 5.32 Å². The molecule has 1 unspecified atom stereocenters. The molecular weight excluding hydrogens is 622 g/mol. The van der Waals surface area contributed by atoms with Crippen LogP contribution in [0.3, 0.4) is 0 Å². The molecule has 258 valence electrons. The van der Waals surface area contributed by atoms with Crippen LogP contribution in [0, 0.1) is 19.8 Å². The van der Waals surface area contributed by atoms with E-state index in [1.165, 1.54) is 4.90 Å². The van der Waals surface area contributed by atoms with Gasteiger partial charge in [0.15, 0.2) is 0 Å². The number of amides is 2. The molecule has 1 fully saturated rings. The number of hydrogen-bond donors (Lipinski definition) is 2. The molecule has 1 aliphatic rings. The Balaban J connectivity index is 1.42. The Bertz CT molecular complexity index is 1410. The van der Waals surface area contributed by atoms with Crippen molar-refractivity contribution in [2.45, 2.75) is 58.2 Å². The van der Waals surface area contributed by atoms with Gasteiger partial charge in [-0.25, -0.2) is 4.98 Å². The first-order valence-electron chi connectivity index (χ1n) is 16.2. The third-order valence-corrected chi connectivity index (χ3v) is 9.08. The fraction of sp³-hybridized carbons (Fsp3) is 0.588. The molecule has 2 amide bonds. The van der Waals surface area contributed by atoms with Gasteiger partial charge >= 0.3 is 0 Å². The van der Waals surface area contributed by atoms with E-state index in [1.54, 1.807) is 24.3 Å². The highest BCUT2D eigenvalue weighted by molar-refractivity contribution is 7.13. The maximum Gasteiger partial charge on any atom is 0.243 e. The number of likely N-dealkylation sites (tertiary alicyclic amines) is 1. The molecule has 4 rings (SSSR count). The van der Waals surface area contributed by atoms with E-state index >= 15 is 0 Å². The van der Waals surface area contributed by atoms with Gasteiger partial charge in [-0.15, -0.1) is 11.3 Å². The lowest BCUT2D eigenvalue weighted by Gasteiger charge is -2.30. The van der Waals surface area contributed by atoms with Gasteiger partial charge in [0, 0.05) is 25.6 Å². The van der Waals surface area contributed by atoms with Crippen molar-refractivity contribution >= 4 is 23.2 Å². The molecule has 0 radical (unpaired) electrons. The fourth-order valence-corrected chi connectivity index (χ4v) is 6.38. The maximum atomic E-state index is 13.9. The zero-order chi connectivity index (χ0) is 33.9. The van der Waals surface area contributed by atoms with Crippen molar-refractivity contribution in [3.8, 4) is 10.4 Å². The molecule has 2 aromatic heterocycles. The topological polar surface area (TPSA) is 139 Å². The highest BCUT2D eigenvalue weighted by Crippen LogP contribution is 2.32. The van der Waals surface area contributed by atoms with Crippen molar-refractivity contribution in [2.75, 3.05) is 66.8 Å². The van der Waals surface area contributed by atoms with Gasteiger partial charge < -0.3 is 39.0 Å². The molecule has 13 heteroatoms. The largest absolute Gasteiger partial charge is 0.391 e. The van der Waals surface area contributed by atoms with Crippen LogP contribution in [-0.4, -0.2) is 116 Å². The molecule has 3 aromatic rings. The molecule has 0 bridgehead atoms. The van der Waals surface area contributed by atoms with Gasteiger partial charge in [-0.05, 0) is 45.0 Å². The minimum absolute atomic E-state index is 0.0630. The number of aliphatic hydroxyl groups excluding tert-OH is 1. The molecule has 12 nitrogen and oxygen atoms in total. The molecule has 0 aliphatic carbocycles. The highest BCUT2D eigenvalue weighted by atomic mass is 32.1. The van der Waals surface area contributed by atoms with Crippen LogP contribution in [0.25, 0.3) is 10.4 Å². The number of benzene rings is 1. The van der Waals surface area contributed by atoms with E-state index in [4.69, 9.17) is 18.7 Å². The summed E-state index contributed by atoms with van der Waals surface area (Å²) in [6.07, 6.45) is -0.681. The van der Waals surface area contributed by atoms with Crippen LogP contribution in [0.2, 0.25) is 0 Å². The first kappa shape index (κ1) is 36.6. The van der Waals surface area contributed by atoms with Crippen LogP contribution in [0.5, 0.6) is 0 Å². The predicted octanol–water partition coefficient (Wildman–Crippen LogP) is 3.59. The predicted molar refractivity (Wildman–Crippen MR) is 179 cm³/mol. The fourth-order valence-electron chi connectivity index (χ4n) is 5.57. The summed E-state index contributed by atoms with van der Waals surface area (Å²) in [4.78, 5) is 36.7. The van der Waals surface area contributed by atoms with Crippen LogP contribution in [0.4, 0.5) is 0 Å². The minimum Gasteiger partial charge on any atom is -0.391 e. The lowest BCUT2D eigenvalue weighted by Crippen LogP contribution is -2.49. The van der Waals surface area contributed by atoms with E-state index in [1.807, 2.05) is 64.6 Å². The summed E-state index contributed by atoms with van der Waals surface area (Å²) in [5.41, 5.74) is 5.35. The molecule has 47 heavy (non-hydrogen) atoms. The number of carbonyl (C=O) groups is 2. The molecule has 4 atom stereocenters. The van der Waals surface area contributed by atoms with Crippen molar-refractivity contribution in [3.63, 3.8) is 0 Å². The average molecular weight is 672 g/mol. The van der Waals surface area contributed by atoms with Gasteiger partial charge in [0.25, 0.3) is 0 Å². The monoisotopic (exact) mass is 671 g/mol. The van der Waals surface area contributed by atoms with E-state index in [-0.39, 0.29) is 37.3 Å². The number of rotatable bonds is 18. The molecular formula is C34H49N5O7S. The van der Waals surface area contributed by atoms with Crippen molar-refractivity contribution in [3.05, 3.63) is 58.6 Å². The number of aromatic nitrogens is 2. The molecule has 1 aliphatic heterocycles. The lowest BCUT2D eigenvalue weighted by molar-refractivity contribution is -0.141. The number of nitrogens with one attached hydrogen (secondary N) is 1. The Labute approximate surface area is 281 Å². The van der Waals surface area contributed by atoms with Gasteiger partial charge in [-0.2, -0.15) is 0 Å². The van der Waals surface area contributed by atoms with E-state index in [9.17, 15) is 14.7 Å². The van der Waals surface area contributed by atoms with Gasteiger partial charge in [0.1, 0.15) is 17.7 Å². The number of nitrogens with zero attached hydrogens (tertiary/aromatic N) is 4. The second-order valence-electron chi connectivity index (χ2n) is 12.5. The zero-order valence-electron chi connectivity index (χ0n) is 28.3. The third-order valence-electron chi connectivity index (χ3n) is 8.10. The number of thiazole rings is 1. The second-order valence-corrected chi connectivity index (χ2v) is 13.4. The van der Waals surface area contributed by atoms with E-state index in [2.05, 4.69) is 20.4 Å². The Morgan fingerprint density at radius 3 is 2.36 bits per heavy atom. The van der Waals surface area contributed by atoms with Crippen LogP contribution >= 0.6 is 11.3 Å². The summed E-state index contributed by atoms with van der Waals surface area (Å²) in [6.45, 7) is 11.1. The second kappa shape index (κ2) is 17.8. The highest BCUT2D eigenvalue weighted by Gasteiger charge is 2.43. The molecule has 3 heterocycles. The number of aliphatic hydroxyl groups is 1. The molecule has 2 N–H and O–H groups in total. The van der Waals surface area contributed by atoms with Crippen molar-refractivity contribution < 1.29 is 33.4 Å². The van der Waals surface area contributed by atoms with E-state index < -0.39 is 24.1 Å². The van der Waals surface area contributed by atoms with Crippen molar-refractivity contribution in [1.29, 1.82) is 0 Å². The minimum atomic E-state index is -0.847. The van der Waals surface area contributed by atoms with Crippen LogP contribution in [0.15, 0.2) is 40.4 Å². The van der Waals surface area contributed by atoms with E-state index in [0.717, 1.165) is 28.2 Å². The van der Waals surface area contributed by atoms with Gasteiger partial charge in [-0.1, -0.05) is 43.3 Å². The number of aryl methyl sites for hydroxylation is 2. The molecule has 1 aromatic carbocycles. The number of β-amino-alcohol motifs (C(OH)–C–C–N with tert-alkyl or cyclic N) is 1. The standard InChI is InChI=1S/C34H49N5O7S/c1-22(2)31(30-17-23(3)37-46-30)34(42)39-19-27(40)18-29(39)33(41)36-28(20-45-16-15-44-14-13-43-12-11-38(5)6)25-7-9-26(10-8-25)32-24(4)35-21-47-32/h7-10,17,21-22,27-29,31,40H,11-16,18-20H2,1-6H3,(H,36,41)/t27-,28+,29+,31?/m1/s1. The number of carbonyl (C=O) groups excluding carboxylic acids is 2. The SMILES string of the molecule is Cc1cc(C(C(=O)N2C[C@H](O)C[C@H]2C(=O)N[C@@H](COCCOCCOCCN(C)C)c2ccc(-c3scnc3C)cc2)C(C)C)on1. The Hall–Kier alpha value is -3.20. The quantitative estimate of drug-likeness (QED) is 0.193. The Morgan fingerprint density at radius 1 is 1.09 bits per heavy atom. The normalized spacial score (nSPS) is 17.9. The maximum absolute atomic E-state index is 13.9. The van der Waals surface area contributed by atoms with Gasteiger partial charge in [-0.3, -0.25) is 9.59 Å². The molecule has 1 saturated heterocycles. The van der Waals surface area contributed by atoms with Crippen LogP contribution in [0.1, 0.15) is 54.9 Å². The van der Waals surface area contributed by atoms with Crippen LogP contribution in [-0.2, 0) is 23.8 Å². The van der Waals surface area contributed by atoms with Gasteiger partial charge in [0.05, 0.1) is 73.6 Å². The van der Waals surface area contributed by atoms with E-state index in [0.29, 0.717) is 44.5 Å². The first-order chi connectivity index (χ1) is 22.5. The summed E-state index contributed by atoms with van der Waals surface area (Å²) in [5.74, 6) is -0.906. The van der Waals surface area contributed by atoms with Crippen molar-refractivity contribution in [1.82, 2.24) is 25.3 Å². The average Bonchev–Trinajstić information content (AvgIpc) is 3.76. The molecule has 0 saturated carbocycles. The summed E-state index contributed by atoms with van der Waals surface area (Å²) in [6, 6.07) is 8.36. The lowest BCUT2D eigenvalue weighted by atomic mass is 9.91. The molecule has 0 spiro atoms. The van der Waals surface area contributed by atoms with Gasteiger partial charge in [0.2, 0.25) is 11.8 Å². The Kier molecular flexibility index (Phi) is 13.9. The Morgan fingerprint density at radius 2 is 1.77 bits per heavy atom.